The summed E-state index contributed by atoms with van der Waals surface area (Å²) in [6.07, 6.45) is 1.01. The Hall–Kier alpha value is -0.880. The van der Waals surface area contributed by atoms with Crippen molar-refractivity contribution in [3.63, 3.8) is 0 Å². The van der Waals surface area contributed by atoms with Crippen LogP contribution < -0.4 is 5.73 Å². The van der Waals surface area contributed by atoms with Crippen LogP contribution in [-0.4, -0.2) is 40.3 Å². The number of hydrogen-bond acceptors (Lipinski definition) is 4. The fourth-order valence-corrected chi connectivity index (χ4v) is 1.64. The molecule has 0 spiro atoms. The summed E-state index contributed by atoms with van der Waals surface area (Å²) in [7, 11) is 4.09. The van der Waals surface area contributed by atoms with E-state index in [9.17, 15) is 0 Å². The van der Waals surface area contributed by atoms with E-state index in [-0.39, 0.29) is 6.04 Å². The summed E-state index contributed by atoms with van der Waals surface area (Å²) in [5.41, 5.74) is 5.69. The quantitative estimate of drug-likeness (QED) is 0.737. The Morgan fingerprint density at radius 1 is 1.64 bits per heavy atom. The van der Waals surface area contributed by atoms with Crippen LogP contribution in [0.25, 0.3) is 0 Å². The first-order valence-electron chi connectivity index (χ1n) is 4.59. The molecule has 14 heavy (non-hydrogen) atoms. The van der Waals surface area contributed by atoms with Gasteiger partial charge in [0, 0.05) is 6.04 Å². The number of rotatable bonds is 4. The van der Waals surface area contributed by atoms with Gasteiger partial charge in [0.1, 0.15) is 0 Å². The molecule has 1 aromatic rings. The highest BCUT2D eigenvalue weighted by molar-refractivity contribution is 7.71. The molecule has 1 aromatic heterocycles. The van der Waals surface area contributed by atoms with E-state index in [0.717, 1.165) is 13.0 Å². The van der Waals surface area contributed by atoms with Crippen molar-refractivity contribution in [1.29, 1.82) is 0 Å². The molecule has 0 aliphatic heterocycles. The van der Waals surface area contributed by atoms with Crippen LogP contribution in [0.2, 0.25) is 0 Å². The number of H-pyrrole nitrogens is 1. The first kappa shape index (κ1) is 11.2. The normalized spacial score (nSPS) is 13.4. The van der Waals surface area contributed by atoms with Crippen molar-refractivity contribution in [2.75, 3.05) is 26.4 Å². The van der Waals surface area contributed by atoms with Crippen molar-refractivity contribution < 1.29 is 0 Å². The van der Waals surface area contributed by atoms with Gasteiger partial charge in [-0.25, -0.2) is 5.10 Å². The summed E-state index contributed by atoms with van der Waals surface area (Å²) in [4.78, 5) is 2.14. The Bertz CT molecular complexity index is 340. The third-order valence-electron chi connectivity index (χ3n) is 2.17. The van der Waals surface area contributed by atoms with Crippen LogP contribution in [0, 0.1) is 4.77 Å². The molecule has 0 aromatic carbocycles. The van der Waals surface area contributed by atoms with Crippen LogP contribution in [0.1, 0.15) is 19.4 Å². The maximum Gasteiger partial charge on any atom is 0.220 e. The van der Waals surface area contributed by atoms with Gasteiger partial charge in [-0.3, -0.25) is 4.57 Å². The zero-order chi connectivity index (χ0) is 10.7. The predicted octanol–water partition coefficient (Wildman–Crippen LogP) is 1.04. The number of anilines is 1. The van der Waals surface area contributed by atoms with E-state index in [1.807, 2.05) is 18.7 Å². The fraction of sp³-hybridized carbons (Fsp3) is 0.750. The molecule has 6 heteroatoms. The fourth-order valence-electron chi connectivity index (χ4n) is 1.32. The zero-order valence-corrected chi connectivity index (χ0v) is 9.64. The van der Waals surface area contributed by atoms with E-state index < -0.39 is 0 Å². The summed E-state index contributed by atoms with van der Waals surface area (Å²) >= 11 is 5.08. The molecule has 1 unspecified atom stereocenters. The van der Waals surface area contributed by atoms with Gasteiger partial charge in [0.05, 0.1) is 0 Å². The highest BCUT2D eigenvalue weighted by Crippen LogP contribution is 2.14. The van der Waals surface area contributed by atoms with Gasteiger partial charge in [-0.2, -0.15) is 0 Å². The molecule has 1 heterocycles. The van der Waals surface area contributed by atoms with Gasteiger partial charge >= 0.3 is 0 Å². The van der Waals surface area contributed by atoms with Gasteiger partial charge < -0.3 is 10.6 Å². The maximum atomic E-state index is 5.69. The van der Waals surface area contributed by atoms with Crippen LogP contribution in [0.5, 0.6) is 0 Å². The van der Waals surface area contributed by atoms with Crippen molar-refractivity contribution in [2.24, 2.45) is 0 Å². The van der Waals surface area contributed by atoms with Gasteiger partial charge in [0.25, 0.3) is 0 Å². The Labute approximate surface area is 88.9 Å². The smallest absolute Gasteiger partial charge is 0.220 e. The molecule has 1 rings (SSSR count). The maximum absolute atomic E-state index is 5.69. The van der Waals surface area contributed by atoms with Gasteiger partial charge in [-0.15, -0.1) is 5.10 Å². The van der Waals surface area contributed by atoms with E-state index in [2.05, 4.69) is 22.0 Å². The highest BCUT2D eigenvalue weighted by atomic mass is 32.1. The van der Waals surface area contributed by atoms with Crippen LogP contribution >= 0.6 is 12.2 Å². The minimum absolute atomic E-state index is 0.281. The van der Waals surface area contributed by atoms with Crippen LogP contribution in [0.4, 0.5) is 5.95 Å². The van der Waals surface area contributed by atoms with E-state index >= 15 is 0 Å². The predicted molar refractivity (Wildman–Crippen MR) is 59.7 cm³/mol. The third kappa shape index (κ3) is 2.55. The first-order valence-corrected chi connectivity index (χ1v) is 5.00. The van der Waals surface area contributed by atoms with Gasteiger partial charge in [-0.05, 0) is 46.2 Å². The van der Waals surface area contributed by atoms with Crippen molar-refractivity contribution >= 4 is 18.2 Å². The molecule has 5 nitrogen and oxygen atoms in total. The summed E-state index contributed by atoms with van der Waals surface area (Å²) in [5.74, 6) is 0.459. The number of nitrogens with one attached hydrogen (secondary N) is 1. The largest absolute Gasteiger partial charge is 0.368 e. The van der Waals surface area contributed by atoms with E-state index in [1.54, 1.807) is 0 Å². The Kier molecular flexibility index (Phi) is 3.65. The lowest BCUT2D eigenvalue weighted by molar-refractivity contribution is 0.358. The molecule has 0 saturated heterocycles. The second kappa shape index (κ2) is 4.56. The molecule has 1 atom stereocenters. The molecule has 0 amide bonds. The molecular formula is C8H17N5S. The summed E-state index contributed by atoms with van der Waals surface area (Å²) in [6.45, 7) is 3.10. The highest BCUT2D eigenvalue weighted by Gasteiger charge is 2.10. The number of nitrogen functional groups attached to an aromatic ring is 1. The van der Waals surface area contributed by atoms with Crippen LogP contribution in [-0.2, 0) is 0 Å². The van der Waals surface area contributed by atoms with Crippen molar-refractivity contribution in [1.82, 2.24) is 19.7 Å². The lowest BCUT2D eigenvalue weighted by atomic mass is 10.2. The second-order valence-corrected chi connectivity index (χ2v) is 4.08. The summed E-state index contributed by atoms with van der Waals surface area (Å²) in [5, 5.41) is 6.56. The lowest BCUT2D eigenvalue weighted by Crippen LogP contribution is -2.18. The number of nitrogens with zero attached hydrogens (tertiary/aromatic N) is 3. The van der Waals surface area contributed by atoms with E-state index in [4.69, 9.17) is 18.0 Å². The number of nitrogens with two attached hydrogens (primary N) is 1. The molecule has 0 bridgehead atoms. The van der Waals surface area contributed by atoms with Crippen LogP contribution in [0.15, 0.2) is 0 Å². The summed E-state index contributed by atoms with van der Waals surface area (Å²) in [6, 6.07) is 0.281. The molecule has 0 fully saturated rings. The van der Waals surface area contributed by atoms with Gasteiger partial charge in [0.15, 0.2) is 4.77 Å². The van der Waals surface area contributed by atoms with Crippen molar-refractivity contribution in [3.8, 4) is 0 Å². The Morgan fingerprint density at radius 2 is 2.29 bits per heavy atom. The summed E-state index contributed by atoms with van der Waals surface area (Å²) < 4.78 is 2.44. The molecule has 0 aliphatic carbocycles. The molecule has 0 aliphatic rings. The minimum Gasteiger partial charge on any atom is -0.368 e. The number of aromatic nitrogens is 3. The van der Waals surface area contributed by atoms with Gasteiger partial charge in [-0.1, -0.05) is 0 Å². The zero-order valence-electron chi connectivity index (χ0n) is 8.82. The average Bonchev–Trinajstić information content (AvgIpc) is 2.42. The standard InChI is InChI=1S/C8H17N5S/c1-6(4-5-12(2)3)13-7(9)10-11-8(13)14/h6H,4-5H2,1-3H3,(H2,9,10)(H,11,14). The molecule has 0 saturated carbocycles. The lowest BCUT2D eigenvalue weighted by Gasteiger charge is -2.16. The Morgan fingerprint density at radius 3 is 2.71 bits per heavy atom. The number of aromatic amines is 1. The van der Waals surface area contributed by atoms with E-state index in [0.29, 0.717) is 10.7 Å². The third-order valence-corrected chi connectivity index (χ3v) is 2.45. The van der Waals surface area contributed by atoms with Gasteiger partial charge in [0.2, 0.25) is 5.95 Å². The minimum atomic E-state index is 0.281. The van der Waals surface area contributed by atoms with Crippen molar-refractivity contribution in [3.05, 3.63) is 4.77 Å². The molecular weight excluding hydrogens is 198 g/mol. The SMILES string of the molecule is CC(CCN(C)C)n1c(N)n[nH]c1=S. The second-order valence-electron chi connectivity index (χ2n) is 3.70. The first-order chi connectivity index (χ1) is 6.52. The molecule has 0 radical (unpaired) electrons. The molecule has 80 valence electrons. The van der Waals surface area contributed by atoms with Crippen LogP contribution in [0.3, 0.4) is 0 Å². The monoisotopic (exact) mass is 215 g/mol. The molecule has 3 N–H and O–H groups in total. The topological polar surface area (TPSA) is 62.9 Å². The number of hydrogen-bond donors (Lipinski definition) is 2. The Balaban J connectivity index is 2.69. The van der Waals surface area contributed by atoms with Crippen molar-refractivity contribution in [2.45, 2.75) is 19.4 Å². The van der Waals surface area contributed by atoms with E-state index in [1.165, 1.54) is 0 Å². The average molecular weight is 215 g/mol.